The smallest absolute Gasteiger partial charge is 0.382 e. The van der Waals surface area contributed by atoms with Crippen molar-refractivity contribution in [2.75, 3.05) is 59.8 Å². The summed E-state index contributed by atoms with van der Waals surface area (Å²) in [5.41, 5.74) is 0. The summed E-state index contributed by atoms with van der Waals surface area (Å²) >= 11 is 0. The molecule has 0 aliphatic carbocycles. The third-order valence-electron chi connectivity index (χ3n) is 2.19. The lowest BCUT2D eigenvalue weighted by Gasteiger charge is -2.15. The van der Waals surface area contributed by atoms with Gasteiger partial charge in [-0.15, -0.1) is 0 Å². The maximum absolute atomic E-state index is 11.9. The summed E-state index contributed by atoms with van der Waals surface area (Å²) < 4.78 is 56.1. The minimum atomic E-state index is -4.19. The van der Waals surface area contributed by atoms with Gasteiger partial charge in [-0.25, -0.2) is 0 Å². The zero-order chi connectivity index (χ0) is 15.3. The largest absolute Gasteiger partial charge is 0.401 e. The summed E-state index contributed by atoms with van der Waals surface area (Å²) in [4.78, 5) is 0. The van der Waals surface area contributed by atoms with Crippen molar-refractivity contribution in [3.63, 3.8) is 0 Å². The van der Waals surface area contributed by atoms with Gasteiger partial charge in [0.2, 0.25) is 0 Å². The first-order valence-electron chi connectivity index (χ1n) is 6.49. The first-order valence-corrected chi connectivity index (χ1v) is 6.49. The van der Waals surface area contributed by atoms with Gasteiger partial charge in [0.15, 0.2) is 0 Å². The third kappa shape index (κ3) is 15.6. The van der Waals surface area contributed by atoms with E-state index in [-0.39, 0.29) is 12.6 Å². The van der Waals surface area contributed by atoms with Crippen molar-refractivity contribution >= 4 is 0 Å². The zero-order valence-corrected chi connectivity index (χ0v) is 12.0. The molecule has 0 aliphatic heterocycles. The van der Waals surface area contributed by atoms with Crippen LogP contribution in [0.3, 0.4) is 0 Å². The molecule has 0 spiro atoms. The van der Waals surface area contributed by atoms with E-state index in [9.17, 15) is 13.2 Å². The zero-order valence-electron chi connectivity index (χ0n) is 12.0. The van der Waals surface area contributed by atoms with E-state index in [0.29, 0.717) is 39.6 Å². The molecule has 1 unspecified atom stereocenters. The molecule has 0 fully saturated rings. The Kier molecular flexibility index (Phi) is 12.1. The Morgan fingerprint density at radius 3 is 2.05 bits per heavy atom. The van der Waals surface area contributed by atoms with E-state index in [4.69, 9.17) is 18.9 Å². The second kappa shape index (κ2) is 12.3. The summed E-state index contributed by atoms with van der Waals surface area (Å²) in [6.07, 6.45) is -4.48. The van der Waals surface area contributed by atoms with Crippen molar-refractivity contribution < 1.29 is 32.1 Å². The minimum Gasteiger partial charge on any atom is -0.382 e. The van der Waals surface area contributed by atoms with Gasteiger partial charge in [-0.3, -0.25) is 0 Å². The topological polar surface area (TPSA) is 49.0 Å². The van der Waals surface area contributed by atoms with Gasteiger partial charge in [0, 0.05) is 13.7 Å². The monoisotopic (exact) mass is 303 g/mol. The molecule has 0 amide bonds. The molecule has 0 aromatic carbocycles. The summed E-state index contributed by atoms with van der Waals surface area (Å²) in [5.74, 6) is 0. The number of ether oxygens (including phenoxy) is 4. The minimum absolute atomic E-state index is 0.152. The molecular formula is C12H24F3NO4. The van der Waals surface area contributed by atoms with Crippen molar-refractivity contribution in [1.29, 1.82) is 0 Å². The second-order valence-electron chi connectivity index (χ2n) is 4.15. The Morgan fingerprint density at radius 1 is 0.950 bits per heavy atom. The fourth-order valence-electron chi connectivity index (χ4n) is 1.25. The highest BCUT2D eigenvalue weighted by Gasteiger charge is 2.26. The lowest BCUT2D eigenvalue weighted by Crippen LogP contribution is -2.35. The van der Waals surface area contributed by atoms with Crippen LogP contribution in [-0.2, 0) is 18.9 Å². The highest BCUT2D eigenvalue weighted by Crippen LogP contribution is 2.12. The second-order valence-corrected chi connectivity index (χ2v) is 4.15. The SMILES string of the molecule is COCCOCCOCCOC(C)CNCC(F)(F)F. The van der Waals surface area contributed by atoms with Gasteiger partial charge in [-0.05, 0) is 6.92 Å². The van der Waals surface area contributed by atoms with Crippen LogP contribution in [0, 0.1) is 0 Å². The van der Waals surface area contributed by atoms with Crippen LogP contribution in [-0.4, -0.2) is 72.1 Å². The van der Waals surface area contributed by atoms with E-state index in [0.717, 1.165) is 0 Å². The summed E-state index contributed by atoms with van der Waals surface area (Å²) in [6, 6.07) is 0. The fourth-order valence-corrected chi connectivity index (χ4v) is 1.25. The molecule has 0 radical (unpaired) electrons. The van der Waals surface area contributed by atoms with Gasteiger partial charge in [0.25, 0.3) is 0 Å². The Hall–Kier alpha value is -0.410. The van der Waals surface area contributed by atoms with Gasteiger partial charge in [-0.2, -0.15) is 13.2 Å². The van der Waals surface area contributed by atoms with Crippen molar-refractivity contribution in [1.82, 2.24) is 5.32 Å². The molecule has 0 aromatic rings. The quantitative estimate of drug-likeness (QED) is 0.519. The van der Waals surface area contributed by atoms with Crippen LogP contribution in [0.25, 0.3) is 0 Å². The van der Waals surface area contributed by atoms with Crippen molar-refractivity contribution in [3.05, 3.63) is 0 Å². The maximum atomic E-state index is 11.9. The van der Waals surface area contributed by atoms with Gasteiger partial charge in [0.05, 0.1) is 52.3 Å². The van der Waals surface area contributed by atoms with E-state index in [1.807, 2.05) is 0 Å². The van der Waals surface area contributed by atoms with Crippen LogP contribution in [0.5, 0.6) is 0 Å². The lowest BCUT2D eigenvalue weighted by molar-refractivity contribution is -0.125. The Labute approximate surface area is 117 Å². The molecule has 5 nitrogen and oxygen atoms in total. The normalized spacial score (nSPS) is 13.7. The number of halogens is 3. The Bertz CT molecular complexity index is 217. The molecule has 122 valence electrons. The van der Waals surface area contributed by atoms with E-state index in [2.05, 4.69) is 5.32 Å². The molecule has 0 bridgehead atoms. The number of methoxy groups -OCH3 is 1. The van der Waals surface area contributed by atoms with E-state index in [1.165, 1.54) is 0 Å². The summed E-state index contributed by atoms with van der Waals surface area (Å²) in [6.45, 7) is 3.58. The molecule has 0 rings (SSSR count). The van der Waals surface area contributed by atoms with Crippen LogP contribution >= 0.6 is 0 Å². The van der Waals surface area contributed by atoms with E-state index < -0.39 is 12.7 Å². The van der Waals surface area contributed by atoms with Crippen LogP contribution in [0.1, 0.15) is 6.92 Å². The number of nitrogens with one attached hydrogen (secondary N) is 1. The first kappa shape index (κ1) is 19.6. The van der Waals surface area contributed by atoms with Gasteiger partial charge in [0.1, 0.15) is 0 Å². The van der Waals surface area contributed by atoms with Crippen molar-refractivity contribution in [2.24, 2.45) is 0 Å². The van der Waals surface area contributed by atoms with Crippen molar-refractivity contribution in [2.45, 2.75) is 19.2 Å². The predicted molar refractivity (Wildman–Crippen MR) is 67.9 cm³/mol. The molecule has 1 N–H and O–H groups in total. The number of hydrogen-bond acceptors (Lipinski definition) is 5. The molecular weight excluding hydrogens is 279 g/mol. The van der Waals surface area contributed by atoms with Gasteiger partial charge in [-0.1, -0.05) is 0 Å². The average Bonchev–Trinajstić information content (AvgIpc) is 2.35. The standard InChI is InChI=1S/C12H24F3NO4/c1-11(9-16-10-12(13,14)15)20-8-7-19-6-5-18-4-3-17-2/h11,16H,3-10H2,1-2H3. The summed E-state index contributed by atoms with van der Waals surface area (Å²) in [5, 5.41) is 2.28. The molecule has 0 saturated carbocycles. The highest BCUT2D eigenvalue weighted by molar-refractivity contribution is 4.59. The highest BCUT2D eigenvalue weighted by atomic mass is 19.4. The number of rotatable bonds is 13. The van der Waals surface area contributed by atoms with Crippen LogP contribution in [0.15, 0.2) is 0 Å². The van der Waals surface area contributed by atoms with Crippen LogP contribution < -0.4 is 5.32 Å². The lowest BCUT2D eigenvalue weighted by atomic mass is 10.4. The Morgan fingerprint density at radius 2 is 1.50 bits per heavy atom. The van der Waals surface area contributed by atoms with Gasteiger partial charge >= 0.3 is 6.18 Å². The fraction of sp³-hybridized carbons (Fsp3) is 1.00. The molecule has 0 saturated heterocycles. The molecule has 0 aliphatic rings. The molecule has 0 aromatic heterocycles. The predicted octanol–water partition coefficient (Wildman–Crippen LogP) is 1.22. The molecule has 0 heterocycles. The first-order chi connectivity index (χ1) is 9.45. The van der Waals surface area contributed by atoms with Gasteiger partial charge < -0.3 is 24.3 Å². The van der Waals surface area contributed by atoms with E-state index in [1.54, 1.807) is 14.0 Å². The molecule has 1 atom stereocenters. The average molecular weight is 303 g/mol. The summed E-state index contributed by atoms with van der Waals surface area (Å²) in [7, 11) is 1.60. The maximum Gasteiger partial charge on any atom is 0.401 e. The number of alkyl halides is 3. The Balaban J connectivity index is 3.21. The molecule has 20 heavy (non-hydrogen) atoms. The third-order valence-corrected chi connectivity index (χ3v) is 2.19. The van der Waals surface area contributed by atoms with Crippen LogP contribution in [0.2, 0.25) is 0 Å². The van der Waals surface area contributed by atoms with Crippen molar-refractivity contribution in [3.8, 4) is 0 Å². The number of hydrogen-bond donors (Lipinski definition) is 1. The molecule has 8 heteroatoms. The van der Waals surface area contributed by atoms with Crippen LogP contribution in [0.4, 0.5) is 13.2 Å². The van der Waals surface area contributed by atoms with E-state index >= 15 is 0 Å².